The average Bonchev–Trinajstić information content (AvgIpc) is 2.35. The summed E-state index contributed by atoms with van der Waals surface area (Å²) in [4.78, 5) is 0. The van der Waals surface area contributed by atoms with Crippen LogP contribution in [0.4, 0.5) is 0 Å². The van der Waals surface area contributed by atoms with Gasteiger partial charge in [-0.3, -0.25) is 0 Å². The molecule has 1 rings (SSSR count). The van der Waals surface area contributed by atoms with Crippen LogP contribution in [0.25, 0.3) is 0 Å². The lowest BCUT2D eigenvalue weighted by Crippen LogP contribution is -2.30. The van der Waals surface area contributed by atoms with E-state index in [0.717, 1.165) is 12.0 Å². The summed E-state index contributed by atoms with van der Waals surface area (Å²) < 4.78 is 26.5. The van der Waals surface area contributed by atoms with Gasteiger partial charge in [0.05, 0.1) is 5.75 Å². The first-order valence-electron chi connectivity index (χ1n) is 6.24. The molecule has 1 aromatic rings. The fraction of sp³-hybridized carbons (Fsp3) is 0.538. The summed E-state index contributed by atoms with van der Waals surface area (Å²) in [6.07, 6.45) is 2.28. The molecule has 0 spiro atoms. The Morgan fingerprint density at radius 1 is 1.22 bits per heavy atom. The van der Waals surface area contributed by atoms with Crippen LogP contribution in [0.3, 0.4) is 0 Å². The minimum atomic E-state index is -3.20. The molecule has 102 valence electrons. The third kappa shape index (κ3) is 4.96. The van der Waals surface area contributed by atoms with Gasteiger partial charge < -0.3 is 0 Å². The van der Waals surface area contributed by atoms with E-state index in [1.54, 1.807) is 12.1 Å². The molecule has 0 aliphatic carbocycles. The number of rotatable bonds is 7. The van der Waals surface area contributed by atoms with Gasteiger partial charge in [-0.1, -0.05) is 44.0 Å². The van der Waals surface area contributed by atoms with Gasteiger partial charge >= 0.3 is 0 Å². The van der Waals surface area contributed by atoms with Crippen molar-refractivity contribution in [3.63, 3.8) is 0 Å². The first kappa shape index (κ1) is 15.5. The van der Waals surface area contributed by atoms with Crippen LogP contribution >= 0.6 is 11.6 Å². The molecule has 1 aromatic carbocycles. The summed E-state index contributed by atoms with van der Waals surface area (Å²) in [6, 6.07) is 7.10. The largest absolute Gasteiger partial charge is 0.212 e. The number of halogens is 1. The van der Waals surface area contributed by atoms with Gasteiger partial charge in [0.2, 0.25) is 10.0 Å². The van der Waals surface area contributed by atoms with Gasteiger partial charge in [0.25, 0.3) is 0 Å². The molecule has 3 nitrogen and oxygen atoms in total. The van der Waals surface area contributed by atoms with Crippen molar-refractivity contribution in [2.75, 3.05) is 5.75 Å². The molecule has 0 aromatic heterocycles. The van der Waals surface area contributed by atoms with Gasteiger partial charge in [0.15, 0.2) is 0 Å². The highest BCUT2D eigenvalue weighted by molar-refractivity contribution is 7.89. The van der Waals surface area contributed by atoms with Crippen molar-refractivity contribution in [1.82, 2.24) is 4.72 Å². The lowest BCUT2D eigenvalue weighted by molar-refractivity contribution is 0.547. The first-order valence-corrected chi connectivity index (χ1v) is 8.27. The van der Waals surface area contributed by atoms with Crippen LogP contribution in [-0.2, 0) is 10.0 Å². The molecule has 18 heavy (non-hydrogen) atoms. The smallest absolute Gasteiger partial charge is 0.212 e. The van der Waals surface area contributed by atoms with E-state index in [1.165, 1.54) is 0 Å². The lowest BCUT2D eigenvalue weighted by Gasteiger charge is -2.17. The van der Waals surface area contributed by atoms with E-state index >= 15 is 0 Å². The van der Waals surface area contributed by atoms with E-state index in [9.17, 15) is 8.42 Å². The second-order valence-corrected chi connectivity index (χ2v) is 6.61. The Hall–Kier alpha value is -0.580. The number of hydrogen-bond acceptors (Lipinski definition) is 2. The number of benzene rings is 1. The van der Waals surface area contributed by atoms with Gasteiger partial charge in [-0.2, -0.15) is 0 Å². The Morgan fingerprint density at radius 2 is 1.83 bits per heavy atom. The second kappa shape index (κ2) is 7.12. The molecule has 0 fully saturated rings. The maximum Gasteiger partial charge on any atom is 0.212 e. The molecule has 0 aliphatic heterocycles. The molecule has 0 bridgehead atoms. The minimum Gasteiger partial charge on any atom is -0.212 e. The van der Waals surface area contributed by atoms with Crippen molar-refractivity contribution >= 4 is 21.6 Å². The minimum absolute atomic E-state index is 0.177. The van der Waals surface area contributed by atoms with Crippen LogP contribution in [0.1, 0.15) is 44.7 Å². The van der Waals surface area contributed by atoms with Crippen LogP contribution in [0.2, 0.25) is 5.02 Å². The summed E-state index contributed by atoms with van der Waals surface area (Å²) in [7, 11) is -3.20. The highest BCUT2D eigenvalue weighted by Gasteiger charge is 2.17. The van der Waals surface area contributed by atoms with Crippen LogP contribution in [-0.4, -0.2) is 14.2 Å². The first-order chi connectivity index (χ1) is 8.48. The van der Waals surface area contributed by atoms with E-state index in [-0.39, 0.29) is 11.8 Å². The molecular weight excluding hydrogens is 270 g/mol. The fourth-order valence-electron chi connectivity index (χ4n) is 1.69. The van der Waals surface area contributed by atoms with Gasteiger partial charge in [-0.25, -0.2) is 13.1 Å². The van der Waals surface area contributed by atoms with Crippen molar-refractivity contribution in [2.24, 2.45) is 0 Å². The molecule has 0 amide bonds. The Kier molecular flexibility index (Phi) is 6.12. The van der Waals surface area contributed by atoms with Crippen molar-refractivity contribution in [3.05, 3.63) is 34.9 Å². The molecule has 0 saturated carbocycles. The Morgan fingerprint density at radius 3 is 2.33 bits per heavy atom. The quantitative estimate of drug-likeness (QED) is 0.835. The van der Waals surface area contributed by atoms with Crippen molar-refractivity contribution in [1.29, 1.82) is 0 Å². The summed E-state index contributed by atoms with van der Waals surface area (Å²) in [6.45, 7) is 3.94. The number of nitrogens with one attached hydrogen (secondary N) is 1. The maximum atomic E-state index is 11.9. The molecule has 0 saturated heterocycles. The number of sulfonamides is 1. The van der Waals surface area contributed by atoms with Crippen LogP contribution < -0.4 is 4.72 Å². The molecule has 0 unspecified atom stereocenters. The predicted molar refractivity (Wildman–Crippen MR) is 76.3 cm³/mol. The third-order valence-corrected chi connectivity index (χ3v) is 4.49. The van der Waals surface area contributed by atoms with Crippen molar-refractivity contribution in [3.8, 4) is 0 Å². The van der Waals surface area contributed by atoms with Crippen LogP contribution in [0.5, 0.6) is 0 Å². The van der Waals surface area contributed by atoms with Crippen LogP contribution in [0.15, 0.2) is 24.3 Å². The summed E-state index contributed by atoms with van der Waals surface area (Å²) in [5.41, 5.74) is 0.946. The number of hydrogen-bond donors (Lipinski definition) is 1. The molecule has 1 atom stereocenters. The number of unbranched alkanes of at least 4 members (excludes halogenated alkanes) is 1. The van der Waals surface area contributed by atoms with E-state index < -0.39 is 10.0 Å². The third-order valence-electron chi connectivity index (χ3n) is 2.77. The second-order valence-electron chi connectivity index (χ2n) is 4.30. The molecular formula is C13H20ClNO2S. The highest BCUT2D eigenvalue weighted by atomic mass is 35.5. The molecule has 0 radical (unpaired) electrons. The highest BCUT2D eigenvalue weighted by Crippen LogP contribution is 2.20. The van der Waals surface area contributed by atoms with Gasteiger partial charge in [-0.15, -0.1) is 0 Å². The van der Waals surface area contributed by atoms with E-state index in [0.29, 0.717) is 17.9 Å². The van der Waals surface area contributed by atoms with Gasteiger partial charge in [0, 0.05) is 11.1 Å². The Bertz CT molecular complexity index is 456. The summed E-state index contributed by atoms with van der Waals surface area (Å²) >= 11 is 5.82. The normalized spacial score (nSPS) is 13.5. The molecule has 0 heterocycles. The summed E-state index contributed by atoms with van der Waals surface area (Å²) in [5.74, 6) is 0.188. The average molecular weight is 290 g/mol. The molecule has 0 aliphatic rings. The molecule has 5 heteroatoms. The Labute approximate surface area is 115 Å². The standard InChI is InChI=1S/C13H20ClNO2S/c1-3-5-10-18(16,17)15-13(4-2)11-6-8-12(14)9-7-11/h6-9,13,15H,3-5,10H2,1-2H3/t13-/m0/s1. The fourth-order valence-corrected chi connectivity index (χ4v) is 3.34. The lowest BCUT2D eigenvalue weighted by atomic mass is 10.1. The van der Waals surface area contributed by atoms with Crippen LogP contribution in [0, 0.1) is 0 Å². The zero-order valence-electron chi connectivity index (χ0n) is 10.8. The van der Waals surface area contributed by atoms with E-state index in [1.807, 2.05) is 26.0 Å². The van der Waals surface area contributed by atoms with E-state index in [4.69, 9.17) is 11.6 Å². The van der Waals surface area contributed by atoms with Crippen molar-refractivity contribution < 1.29 is 8.42 Å². The van der Waals surface area contributed by atoms with Gasteiger partial charge in [-0.05, 0) is 30.5 Å². The van der Waals surface area contributed by atoms with Crippen molar-refractivity contribution in [2.45, 2.75) is 39.2 Å². The summed E-state index contributed by atoms with van der Waals surface area (Å²) in [5, 5.41) is 0.655. The zero-order valence-corrected chi connectivity index (χ0v) is 12.4. The van der Waals surface area contributed by atoms with E-state index in [2.05, 4.69) is 4.72 Å². The predicted octanol–water partition coefficient (Wildman–Crippen LogP) is 3.51. The topological polar surface area (TPSA) is 46.2 Å². The SMILES string of the molecule is CCCCS(=O)(=O)N[C@@H](CC)c1ccc(Cl)cc1. The zero-order chi connectivity index (χ0) is 13.6. The van der Waals surface area contributed by atoms with Gasteiger partial charge in [0.1, 0.15) is 0 Å². The monoisotopic (exact) mass is 289 g/mol. The Balaban J connectivity index is 2.76. The molecule has 1 N–H and O–H groups in total. The maximum absolute atomic E-state index is 11.9.